The third kappa shape index (κ3) is 3.49. The summed E-state index contributed by atoms with van der Waals surface area (Å²) < 4.78 is 7.85. The van der Waals surface area contributed by atoms with Crippen molar-refractivity contribution in [3.05, 3.63) is 54.9 Å². The number of H-pyrrole nitrogens is 1. The average Bonchev–Trinajstić information content (AvgIpc) is 3.36. The van der Waals surface area contributed by atoms with Crippen LogP contribution in [0.15, 0.2) is 49.3 Å². The van der Waals surface area contributed by atoms with Crippen LogP contribution in [0.25, 0.3) is 11.4 Å². The number of nitrogens with one attached hydrogen (secondary N) is 1. The van der Waals surface area contributed by atoms with Crippen LogP contribution in [0.1, 0.15) is 30.7 Å². The Bertz CT molecular complexity index is 767. The number of ether oxygens (including phenoxy) is 1. The lowest BCUT2D eigenvalue weighted by Gasteiger charge is -2.36. The number of aromatic amines is 1. The first-order valence-electron chi connectivity index (χ1n) is 8.77. The summed E-state index contributed by atoms with van der Waals surface area (Å²) >= 11 is 0. The number of hydrogen-bond donors (Lipinski definition) is 1. The van der Waals surface area contributed by atoms with Crippen LogP contribution in [0.3, 0.4) is 0 Å². The molecule has 2 heterocycles. The maximum absolute atomic E-state index is 5.67. The molecule has 0 spiro atoms. The van der Waals surface area contributed by atoms with Crippen LogP contribution < -0.4 is 0 Å². The Morgan fingerprint density at radius 2 is 2.12 bits per heavy atom. The molecule has 1 aromatic carbocycles. The zero-order chi connectivity index (χ0) is 17.1. The van der Waals surface area contributed by atoms with Gasteiger partial charge in [0.2, 0.25) is 0 Å². The summed E-state index contributed by atoms with van der Waals surface area (Å²) in [6.07, 6.45) is 11.1. The summed E-state index contributed by atoms with van der Waals surface area (Å²) in [7, 11) is 1.82. The van der Waals surface area contributed by atoms with Crippen molar-refractivity contribution in [1.82, 2.24) is 24.7 Å². The van der Waals surface area contributed by atoms with Gasteiger partial charge in [0.15, 0.2) is 5.82 Å². The molecule has 2 aromatic heterocycles. The monoisotopic (exact) mass is 337 g/mol. The number of hydrogen-bond acceptors (Lipinski definition) is 4. The Labute approximate surface area is 147 Å². The molecule has 4 rings (SSSR count). The van der Waals surface area contributed by atoms with E-state index in [1.54, 1.807) is 0 Å². The SMILES string of the molecule is CO[C@H]1CC[C@H](Cn2ccnc2)C(c2ccc(-c3ncn[nH]3)cc2)C1. The molecule has 1 unspecified atom stereocenters. The molecule has 1 saturated carbocycles. The van der Waals surface area contributed by atoms with Crippen LogP contribution in [-0.2, 0) is 11.3 Å². The number of benzene rings is 1. The van der Waals surface area contributed by atoms with E-state index in [0.29, 0.717) is 17.9 Å². The lowest BCUT2D eigenvalue weighted by atomic mass is 9.74. The number of imidazole rings is 1. The van der Waals surface area contributed by atoms with Crippen molar-refractivity contribution in [2.45, 2.75) is 37.8 Å². The third-order valence-corrected chi connectivity index (χ3v) is 5.31. The molecule has 6 heteroatoms. The highest BCUT2D eigenvalue weighted by atomic mass is 16.5. The summed E-state index contributed by atoms with van der Waals surface area (Å²) in [5.74, 6) is 1.89. The average molecular weight is 337 g/mol. The molecule has 1 aliphatic rings. The second-order valence-electron chi connectivity index (χ2n) is 6.75. The number of methoxy groups -OCH3 is 1. The highest BCUT2D eigenvalue weighted by molar-refractivity contribution is 5.54. The molecule has 1 fully saturated rings. The minimum absolute atomic E-state index is 0.345. The molecule has 1 aliphatic carbocycles. The molecule has 0 radical (unpaired) electrons. The van der Waals surface area contributed by atoms with Crippen molar-refractivity contribution >= 4 is 0 Å². The molecule has 0 saturated heterocycles. The van der Waals surface area contributed by atoms with Crippen molar-refractivity contribution in [1.29, 1.82) is 0 Å². The smallest absolute Gasteiger partial charge is 0.155 e. The maximum atomic E-state index is 5.67. The highest BCUT2D eigenvalue weighted by Gasteiger charge is 2.31. The van der Waals surface area contributed by atoms with Crippen molar-refractivity contribution in [2.24, 2.45) is 5.92 Å². The predicted octanol–water partition coefficient (Wildman–Crippen LogP) is 3.27. The second kappa shape index (κ2) is 7.19. The van der Waals surface area contributed by atoms with Crippen LogP contribution in [-0.4, -0.2) is 37.9 Å². The quantitative estimate of drug-likeness (QED) is 0.776. The van der Waals surface area contributed by atoms with E-state index in [4.69, 9.17) is 4.74 Å². The molecule has 3 aromatic rings. The Morgan fingerprint density at radius 3 is 2.80 bits per heavy atom. The van der Waals surface area contributed by atoms with Gasteiger partial charge >= 0.3 is 0 Å². The molecule has 1 N–H and O–H groups in total. The van der Waals surface area contributed by atoms with E-state index in [9.17, 15) is 0 Å². The highest BCUT2D eigenvalue weighted by Crippen LogP contribution is 2.40. The molecule has 0 amide bonds. The minimum Gasteiger partial charge on any atom is -0.381 e. The largest absolute Gasteiger partial charge is 0.381 e. The summed E-state index contributed by atoms with van der Waals surface area (Å²) in [6, 6.07) is 8.70. The molecule has 6 nitrogen and oxygen atoms in total. The fraction of sp³-hybridized carbons (Fsp3) is 0.421. The van der Waals surface area contributed by atoms with E-state index in [2.05, 4.69) is 49.0 Å². The van der Waals surface area contributed by atoms with Crippen LogP contribution in [0, 0.1) is 5.92 Å². The van der Waals surface area contributed by atoms with E-state index >= 15 is 0 Å². The maximum Gasteiger partial charge on any atom is 0.155 e. The van der Waals surface area contributed by atoms with E-state index in [1.165, 1.54) is 18.3 Å². The topological polar surface area (TPSA) is 68.6 Å². The molecular weight excluding hydrogens is 314 g/mol. The fourth-order valence-corrected chi connectivity index (χ4v) is 3.93. The van der Waals surface area contributed by atoms with Gasteiger partial charge in [-0.05, 0) is 36.7 Å². The van der Waals surface area contributed by atoms with Gasteiger partial charge in [-0.25, -0.2) is 9.97 Å². The first-order valence-corrected chi connectivity index (χ1v) is 8.77. The molecule has 25 heavy (non-hydrogen) atoms. The summed E-state index contributed by atoms with van der Waals surface area (Å²) in [5, 5.41) is 6.84. The van der Waals surface area contributed by atoms with E-state index in [1.807, 2.05) is 25.8 Å². The van der Waals surface area contributed by atoms with E-state index < -0.39 is 0 Å². The zero-order valence-electron chi connectivity index (χ0n) is 14.4. The van der Waals surface area contributed by atoms with Crippen LogP contribution in [0.4, 0.5) is 0 Å². The number of rotatable bonds is 5. The van der Waals surface area contributed by atoms with Crippen molar-refractivity contribution in [3.63, 3.8) is 0 Å². The Hall–Kier alpha value is -2.47. The van der Waals surface area contributed by atoms with E-state index in [0.717, 1.165) is 30.8 Å². The zero-order valence-corrected chi connectivity index (χ0v) is 14.4. The molecule has 3 atom stereocenters. The van der Waals surface area contributed by atoms with Gasteiger partial charge in [0, 0.05) is 31.6 Å². The van der Waals surface area contributed by atoms with Crippen LogP contribution in [0.5, 0.6) is 0 Å². The van der Waals surface area contributed by atoms with Gasteiger partial charge in [0.1, 0.15) is 6.33 Å². The van der Waals surface area contributed by atoms with Gasteiger partial charge in [-0.2, -0.15) is 5.10 Å². The second-order valence-corrected chi connectivity index (χ2v) is 6.75. The standard InChI is InChI=1S/C19H23N5O/c1-25-17-7-6-16(11-24-9-8-20-13-24)18(10-17)14-2-4-15(5-3-14)19-21-12-22-23-19/h2-5,8-9,12-13,16-18H,6-7,10-11H2,1H3,(H,21,22,23)/t16-,17+,18?/m1/s1. The van der Waals surface area contributed by atoms with Crippen molar-refractivity contribution in [3.8, 4) is 11.4 Å². The Balaban J connectivity index is 1.57. The molecular formula is C19H23N5O. The van der Waals surface area contributed by atoms with Crippen molar-refractivity contribution in [2.75, 3.05) is 7.11 Å². The normalized spacial score (nSPS) is 23.6. The van der Waals surface area contributed by atoms with Crippen LogP contribution >= 0.6 is 0 Å². The number of nitrogens with zero attached hydrogens (tertiary/aromatic N) is 4. The summed E-state index contributed by atoms with van der Waals surface area (Å²) in [6.45, 7) is 1.00. The van der Waals surface area contributed by atoms with Crippen molar-refractivity contribution < 1.29 is 4.74 Å². The van der Waals surface area contributed by atoms with Gasteiger partial charge in [-0.15, -0.1) is 0 Å². The van der Waals surface area contributed by atoms with Gasteiger partial charge in [-0.1, -0.05) is 24.3 Å². The lowest BCUT2D eigenvalue weighted by molar-refractivity contribution is 0.0433. The first-order chi connectivity index (χ1) is 12.3. The van der Waals surface area contributed by atoms with Gasteiger partial charge in [-0.3, -0.25) is 5.10 Å². The number of aromatic nitrogens is 5. The third-order valence-electron chi connectivity index (χ3n) is 5.31. The Kier molecular flexibility index (Phi) is 4.61. The molecule has 0 bridgehead atoms. The van der Waals surface area contributed by atoms with Gasteiger partial charge in [0.25, 0.3) is 0 Å². The summed E-state index contributed by atoms with van der Waals surface area (Å²) in [5.41, 5.74) is 2.43. The van der Waals surface area contributed by atoms with Gasteiger partial charge in [0.05, 0.1) is 12.4 Å². The first kappa shape index (κ1) is 16.0. The molecule has 0 aliphatic heterocycles. The predicted molar refractivity (Wildman–Crippen MR) is 94.9 cm³/mol. The summed E-state index contributed by atoms with van der Waals surface area (Å²) in [4.78, 5) is 8.40. The van der Waals surface area contributed by atoms with Gasteiger partial charge < -0.3 is 9.30 Å². The molecule has 130 valence electrons. The minimum atomic E-state index is 0.345. The lowest BCUT2D eigenvalue weighted by Crippen LogP contribution is -2.30. The van der Waals surface area contributed by atoms with Crippen LogP contribution in [0.2, 0.25) is 0 Å². The van der Waals surface area contributed by atoms with E-state index in [-0.39, 0.29) is 0 Å². The Morgan fingerprint density at radius 1 is 1.24 bits per heavy atom. The fourth-order valence-electron chi connectivity index (χ4n) is 3.93.